The van der Waals surface area contributed by atoms with Gasteiger partial charge in [-0.15, -0.1) is 0 Å². The van der Waals surface area contributed by atoms with Crippen LogP contribution in [0.4, 0.5) is 4.39 Å². The summed E-state index contributed by atoms with van der Waals surface area (Å²) in [4.78, 5) is 27.6. The van der Waals surface area contributed by atoms with Gasteiger partial charge < -0.3 is 20.1 Å². The highest BCUT2D eigenvalue weighted by molar-refractivity contribution is 5.97. The summed E-state index contributed by atoms with van der Waals surface area (Å²) in [5.41, 5.74) is 1.20. The molecule has 0 aliphatic carbocycles. The smallest absolute Gasteiger partial charge is 0.251 e. The van der Waals surface area contributed by atoms with E-state index in [-0.39, 0.29) is 11.8 Å². The minimum Gasteiger partial charge on any atom is -0.492 e. The van der Waals surface area contributed by atoms with Gasteiger partial charge in [-0.25, -0.2) is 4.39 Å². The zero-order chi connectivity index (χ0) is 23.6. The minimum absolute atomic E-state index is 0.121. The molecule has 1 heterocycles. The molecule has 3 rings (SSSR count). The number of carbonyl (C=O) groups excluding carboxylic acids is 2. The van der Waals surface area contributed by atoms with Gasteiger partial charge >= 0.3 is 0 Å². The Kier molecular flexibility index (Phi) is 9.21. The van der Waals surface area contributed by atoms with Crippen molar-refractivity contribution in [2.45, 2.75) is 26.4 Å². The average Bonchev–Trinajstić information content (AvgIpc) is 2.82. The molecule has 1 aliphatic heterocycles. The van der Waals surface area contributed by atoms with Crippen molar-refractivity contribution >= 4 is 11.8 Å². The standard InChI is InChI=1S/C25H32FN3O4/c1-18(2)23(28-24(30)20-6-8-21(26)9-7-20)25(31)27-17-19-4-3-5-22(16-19)33-15-12-29-10-13-32-14-11-29/h3-9,16,18,23H,10-15,17H2,1-2H3,(H,27,31)(H,28,30). The van der Waals surface area contributed by atoms with Gasteiger partial charge in [-0.3, -0.25) is 14.5 Å². The predicted octanol–water partition coefficient (Wildman–Crippen LogP) is 2.61. The van der Waals surface area contributed by atoms with E-state index in [1.807, 2.05) is 38.1 Å². The Morgan fingerprint density at radius 3 is 2.55 bits per heavy atom. The van der Waals surface area contributed by atoms with E-state index in [0.717, 1.165) is 44.2 Å². The molecule has 2 N–H and O–H groups in total. The number of morpholine rings is 1. The maximum absolute atomic E-state index is 13.1. The first-order chi connectivity index (χ1) is 15.9. The SMILES string of the molecule is CC(C)C(NC(=O)c1ccc(F)cc1)C(=O)NCc1cccc(OCCN2CCOCC2)c1. The number of hydrogen-bond donors (Lipinski definition) is 2. The molecule has 1 aliphatic rings. The number of carbonyl (C=O) groups is 2. The van der Waals surface area contributed by atoms with Crippen LogP contribution in [0, 0.1) is 11.7 Å². The highest BCUT2D eigenvalue weighted by Crippen LogP contribution is 2.14. The van der Waals surface area contributed by atoms with Crippen LogP contribution in [0.5, 0.6) is 5.75 Å². The van der Waals surface area contributed by atoms with Crippen molar-refractivity contribution in [2.24, 2.45) is 5.92 Å². The number of amides is 2. The van der Waals surface area contributed by atoms with Crippen LogP contribution < -0.4 is 15.4 Å². The lowest BCUT2D eigenvalue weighted by Crippen LogP contribution is -2.49. The molecule has 0 radical (unpaired) electrons. The molecule has 7 nitrogen and oxygen atoms in total. The van der Waals surface area contributed by atoms with E-state index < -0.39 is 17.8 Å². The minimum atomic E-state index is -0.712. The topological polar surface area (TPSA) is 79.9 Å². The first kappa shape index (κ1) is 24.7. The largest absolute Gasteiger partial charge is 0.492 e. The number of hydrogen-bond acceptors (Lipinski definition) is 5. The summed E-state index contributed by atoms with van der Waals surface area (Å²) in [6, 6.07) is 12.1. The molecule has 33 heavy (non-hydrogen) atoms. The average molecular weight is 458 g/mol. The first-order valence-electron chi connectivity index (χ1n) is 11.3. The number of benzene rings is 2. The second-order valence-electron chi connectivity index (χ2n) is 8.37. The third-order valence-corrected chi connectivity index (χ3v) is 5.49. The Labute approximate surface area is 194 Å². The predicted molar refractivity (Wildman–Crippen MR) is 124 cm³/mol. The summed E-state index contributed by atoms with van der Waals surface area (Å²) in [6.07, 6.45) is 0. The van der Waals surface area contributed by atoms with Gasteiger partial charge in [-0.2, -0.15) is 0 Å². The fourth-order valence-electron chi connectivity index (χ4n) is 3.52. The molecule has 0 spiro atoms. The molecular formula is C25H32FN3O4. The highest BCUT2D eigenvalue weighted by atomic mass is 19.1. The van der Waals surface area contributed by atoms with Crippen molar-refractivity contribution in [3.8, 4) is 5.75 Å². The van der Waals surface area contributed by atoms with Crippen LogP contribution in [0.3, 0.4) is 0 Å². The maximum atomic E-state index is 13.1. The van der Waals surface area contributed by atoms with Crippen LogP contribution in [0.15, 0.2) is 48.5 Å². The molecule has 178 valence electrons. The van der Waals surface area contributed by atoms with Gasteiger partial charge in [0.25, 0.3) is 5.91 Å². The normalized spacial score (nSPS) is 15.2. The Morgan fingerprint density at radius 2 is 1.85 bits per heavy atom. The Hall–Kier alpha value is -2.97. The zero-order valence-corrected chi connectivity index (χ0v) is 19.2. The van der Waals surface area contributed by atoms with Crippen LogP contribution in [-0.2, 0) is 16.1 Å². The molecule has 1 saturated heterocycles. The summed E-state index contributed by atoms with van der Waals surface area (Å²) >= 11 is 0. The molecule has 2 aromatic rings. The van der Waals surface area contributed by atoms with Gasteiger partial charge in [0.05, 0.1) is 13.2 Å². The molecule has 0 saturated carbocycles. The summed E-state index contributed by atoms with van der Waals surface area (Å²) < 4.78 is 24.3. The van der Waals surface area contributed by atoms with Crippen molar-refractivity contribution in [3.05, 3.63) is 65.5 Å². The van der Waals surface area contributed by atoms with Gasteiger partial charge in [0.1, 0.15) is 24.2 Å². The molecule has 0 bridgehead atoms. The molecular weight excluding hydrogens is 425 g/mol. The number of ether oxygens (including phenoxy) is 2. The van der Waals surface area contributed by atoms with Crippen molar-refractivity contribution in [1.29, 1.82) is 0 Å². The highest BCUT2D eigenvalue weighted by Gasteiger charge is 2.24. The third-order valence-electron chi connectivity index (χ3n) is 5.49. The van der Waals surface area contributed by atoms with Crippen LogP contribution >= 0.6 is 0 Å². The lowest BCUT2D eigenvalue weighted by atomic mass is 10.0. The van der Waals surface area contributed by atoms with E-state index in [1.165, 1.54) is 24.3 Å². The fourth-order valence-corrected chi connectivity index (χ4v) is 3.52. The second-order valence-corrected chi connectivity index (χ2v) is 8.37. The third kappa shape index (κ3) is 7.83. The van der Waals surface area contributed by atoms with Crippen LogP contribution in [-0.4, -0.2) is 62.2 Å². The maximum Gasteiger partial charge on any atom is 0.251 e. The fraction of sp³-hybridized carbons (Fsp3) is 0.440. The molecule has 8 heteroatoms. The van der Waals surface area contributed by atoms with E-state index in [2.05, 4.69) is 15.5 Å². The van der Waals surface area contributed by atoms with E-state index in [0.29, 0.717) is 18.7 Å². The van der Waals surface area contributed by atoms with Crippen molar-refractivity contribution in [2.75, 3.05) is 39.5 Å². The van der Waals surface area contributed by atoms with Crippen LogP contribution in [0.25, 0.3) is 0 Å². The monoisotopic (exact) mass is 457 g/mol. The van der Waals surface area contributed by atoms with Gasteiger partial charge in [0.15, 0.2) is 0 Å². The molecule has 0 aromatic heterocycles. The zero-order valence-electron chi connectivity index (χ0n) is 19.2. The Morgan fingerprint density at radius 1 is 1.12 bits per heavy atom. The van der Waals surface area contributed by atoms with Crippen LogP contribution in [0.2, 0.25) is 0 Å². The summed E-state index contributed by atoms with van der Waals surface area (Å²) in [5, 5.41) is 5.64. The molecule has 1 atom stereocenters. The molecule has 1 fully saturated rings. The second kappa shape index (κ2) is 12.3. The van der Waals surface area contributed by atoms with E-state index >= 15 is 0 Å². The van der Waals surface area contributed by atoms with Crippen molar-refractivity contribution < 1.29 is 23.5 Å². The Balaban J connectivity index is 1.49. The van der Waals surface area contributed by atoms with Crippen LogP contribution in [0.1, 0.15) is 29.8 Å². The van der Waals surface area contributed by atoms with E-state index in [9.17, 15) is 14.0 Å². The lowest BCUT2D eigenvalue weighted by molar-refractivity contribution is -0.124. The first-order valence-corrected chi connectivity index (χ1v) is 11.3. The van der Waals surface area contributed by atoms with E-state index in [1.54, 1.807) is 0 Å². The number of nitrogens with one attached hydrogen (secondary N) is 2. The quantitative estimate of drug-likeness (QED) is 0.573. The number of nitrogens with zero attached hydrogens (tertiary/aromatic N) is 1. The summed E-state index contributed by atoms with van der Waals surface area (Å²) in [7, 11) is 0. The van der Waals surface area contributed by atoms with Crippen molar-refractivity contribution in [3.63, 3.8) is 0 Å². The molecule has 2 amide bonds. The van der Waals surface area contributed by atoms with E-state index in [4.69, 9.17) is 9.47 Å². The molecule has 2 aromatic carbocycles. The Bertz CT molecular complexity index is 914. The number of rotatable bonds is 10. The lowest BCUT2D eigenvalue weighted by Gasteiger charge is -2.26. The molecule has 1 unspecified atom stereocenters. The number of halogens is 1. The van der Waals surface area contributed by atoms with Gasteiger partial charge in [0.2, 0.25) is 5.91 Å². The van der Waals surface area contributed by atoms with Crippen molar-refractivity contribution in [1.82, 2.24) is 15.5 Å². The summed E-state index contributed by atoms with van der Waals surface area (Å²) in [5.74, 6) is -0.486. The van der Waals surface area contributed by atoms with Gasteiger partial charge in [0, 0.05) is 31.7 Å². The van der Waals surface area contributed by atoms with Gasteiger partial charge in [-0.05, 0) is 47.9 Å². The summed E-state index contributed by atoms with van der Waals surface area (Å²) in [6.45, 7) is 8.82. The van der Waals surface area contributed by atoms with Gasteiger partial charge in [-0.1, -0.05) is 26.0 Å².